The van der Waals surface area contributed by atoms with Gasteiger partial charge in [0.2, 0.25) is 5.13 Å². The number of nitrogens with zero attached hydrogens (tertiary/aromatic N) is 3. The van der Waals surface area contributed by atoms with E-state index in [4.69, 9.17) is 19.5 Å². The topological polar surface area (TPSA) is 106 Å². The molecule has 0 atom stereocenters. The van der Waals surface area contributed by atoms with Crippen molar-refractivity contribution in [1.82, 2.24) is 4.98 Å². The molecule has 0 radical (unpaired) electrons. The van der Waals surface area contributed by atoms with Gasteiger partial charge in [-0.3, -0.25) is 10.2 Å². The van der Waals surface area contributed by atoms with Crippen molar-refractivity contribution in [1.29, 1.82) is 5.26 Å². The summed E-state index contributed by atoms with van der Waals surface area (Å²) in [4.78, 5) is 15.8. The summed E-state index contributed by atoms with van der Waals surface area (Å²) in [5.41, 5.74) is 4.32. The third-order valence-electron chi connectivity index (χ3n) is 3.68. The molecular weight excluding hydrogens is 392 g/mol. The lowest BCUT2D eigenvalue weighted by Crippen LogP contribution is -2.07. The van der Waals surface area contributed by atoms with Crippen LogP contribution in [0.3, 0.4) is 0 Å². The molecule has 0 saturated carbocycles. The molecule has 0 fully saturated rings. The van der Waals surface area contributed by atoms with Crippen molar-refractivity contribution in [2.24, 2.45) is 5.10 Å². The smallest absolute Gasteiger partial charge is 0.311 e. The molecule has 2 aromatic rings. The standard InChI is InChI=1S/C20H24N4O4S/c1-3-27-19(25)12-16-14-29-20(23-16)24-22-13-15-7-8-17(26-2)18(11-15)28-10-6-4-5-9-21/h7-8,11,13-14H,3-6,10,12H2,1-2H3,(H,23,24). The van der Waals surface area contributed by atoms with Gasteiger partial charge < -0.3 is 14.2 Å². The van der Waals surface area contributed by atoms with E-state index in [1.54, 1.807) is 25.6 Å². The Balaban J connectivity index is 1.91. The van der Waals surface area contributed by atoms with Gasteiger partial charge >= 0.3 is 5.97 Å². The number of unbranched alkanes of at least 4 members (excludes halogenated alkanes) is 2. The van der Waals surface area contributed by atoms with E-state index in [0.29, 0.717) is 42.0 Å². The summed E-state index contributed by atoms with van der Waals surface area (Å²) in [6.07, 6.45) is 3.92. The number of rotatable bonds is 12. The molecule has 29 heavy (non-hydrogen) atoms. The average molecular weight is 417 g/mol. The number of hydrazone groups is 1. The number of esters is 1. The predicted octanol–water partition coefficient (Wildman–Crippen LogP) is 3.78. The molecule has 0 saturated heterocycles. The zero-order valence-corrected chi connectivity index (χ0v) is 17.3. The molecule has 9 heteroatoms. The summed E-state index contributed by atoms with van der Waals surface area (Å²) in [5, 5.41) is 15.1. The molecule has 0 amide bonds. The molecule has 1 aromatic carbocycles. The Morgan fingerprint density at radius 1 is 1.38 bits per heavy atom. The third-order valence-corrected chi connectivity index (χ3v) is 4.48. The van der Waals surface area contributed by atoms with Gasteiger partial charge in [0.05, 0.1) is 44.7 Å². The largest absolute Gasteiger partial charge is 0.493 e. The van der Waals surface area contributed by atoms with Crippen LogP contribution in [0.1, 0.15) is 37.4 Å². The summed E-state index contributed by atoms with van der Waals surface area (Å²) in [6.45, 7) is 2.64. The highest BCUT2D eigenvalue weighted by molar-refractivity contribution is 7.13. The molecule has 1 N–H and O–H groups in total. The number of ether oxygens (including phenoxy) is 3. The molecule has 0 aliphatic heterocycles. The van der Waals surface area contributed by atoms with Crippen LogP contribution in [0.15, 0.2) is 28.7 Å². The lowest BCUT2D eigenvalue weighted by Gasteiger charge is -2.11. The maximum absolute atomic E-state index is 11.5. The fraction of sp³-hybridized carbons (Fsp3) is 0.400. The van der Waals surface area contributed by atoms with Crippen molar-refractivity contribution in [2.75, 3.05) is 25.7 Å². The Hall–Kier alpha value is -3.12. The minimum Gasteiger partial charge on any atom is -0.493 e. The second-order valence-electron chi connectivity index (χ2n) is 5.87. The van der Waals surface area contributed by atoms with E-state index in [1.165, 1.54) is 11.3 Å². The van der Waals surface area contributed by atoms with Gasteiger partial charge in [-0.15, -0.1) is 11.3 Å². The molecule has 2 rings (SSSR count). The predicted molar refractivity (Wildman–Crippen MR) is 112 cm³/mol. The number of hydrogen-bond donors (Lipinski definition) is 1. The number of nitriles is 1. The first-order valence-electron chi connectivity index (χ1n) is 9.23. The van der Waals surface area contributed by atoms with Crippen molar-refractivity contribution in [3.05, 3.63) is 34.8 Å². The van der Waals surface area contributed by atoms with E-state index >= 15 is 0 Å². The molecule has 0 aliphatic carbocycles. The lowest BCUT2D eigenvalue weighted by atomic mass is 10.2. The van der Waals surface area contributed by atoms with Gasteiger partial charge in [-0.1, -0.05) is 0 Å². The highest BCUT2D eigenvalue weighted by atomic mass is 32.1. The van der Waals surface area contributed by atoms with Gasteiger partial charge in [0.1, 0.15) is 0 Å². The zero-order chi connectivity index (χ0) is 20.9. The minimum absolute atomic E-state index is 0.142. The second kappa shape index (κ2) is 12.4. The summed E-state index contributed by atoms with van der Waals surface area (Å²) in [5.74, 6) is 0.963. The van der Waals surface area contributed by atoms with Gasteiger partial charge in [-0.2, -0.15) is 10.4 Å². The molecule has 8 nitrogen and oxygen atoms in total. The molecule has 0 spiro atoms. The molecule has 0 bridgehead atoms. The zero-order valence-electron chi connectivity index (χ0n) is 16.5. The highest BCUT2D eigenvalue weighted by Gasteiger charge is 2.08. The van der Waals surface area contributed by atoms with Crippen LogP contribution in [0.5, 0.6) is 11.5 Å². The van der Waals surface area contributed by atoms with Crippen molar-refractivity contribution in [3.8, 4) is 17.6 Å². The van der Waals surface area contributed by atoms with Crippen LogP contribution in [0.4, 0.5) is 5.13 Å². The summed E-state index contributed by atoms with van der Waals surface area (Å²) in [6, 6.07) is 7.63. The minimum atomic E-state index is -0.300. The van der Waals surface area contributed by atoms with E-state index in [2.05, 4.69) is 21.6 Å². The number of carbonyl (C=O) groups excluding carboxylic acids is 1. The normalized spacial score (nSPS) is 10.5. The summed E-state index contributed by atoms with van der Waals surface area (Å²) in [7, 11) is 1.59. The molecular formula is C20H24N4O4S. The van der Waals surface area contributed by atoms with Crippen molar-refractivity contribution < 1.29 is 19.0 Å². The fourth-order valence-corrected chi connectivity index (χ4v) is 3.00. The van der Waals surface area contributed by atoms with E-state index in [1.807, 2.05) is 18.2 Å². The average Bonchev–Trinajstić information content (AvgIpc) is 3.15. The molecule has 0 aliphatic rings. The number of hydrogen-bond acceptors (Lipinski definition) is 9. The van der Waals surface area contributed by atoms with Crippen LogP contribution in [-0.2, 0) is 16.0 Å². The van der Waals surface area contributed by atoms with Crippen molar-refractivity contribution >= 4 is 28.7 Å². The van der Waals surface area contributed by atoms with E-state index in [-0.39, 0.29) is 12.4 Å². The van der Waals surface area contributed by atoms with Gasteiger partial charge in [-0.05, 0) is 43.5 Å². The second-order valence-corrected chi connectivity index (χ2v) is 6.73. The van der Waals surface area contributed by atoms with Gasteiger partial charge in [-0.25, -0.2) is 4.98 Å². The molecule has 154 valence electrons. The number of aromatic nitrogens is 1. The van der Waals surface area contributed by atoms with Crippen LogP contribution in [0, 0.1) is 11.3 Å². The van der Waals surface area contributed by atoms with Gasteiger partial charge in [0, 0.05) is 11.8 Å². The van der Waals surface area contributed by atoms with Gasteiger partial charge in [0.25, 0.3) is 0 Å². The lowest BCUT2D eigenvalue weighted by molar-refractivity contribution is -0.142. The highest BCUT2D eigenvalue weighted by Crippen LogP contribution is 2.28. The van der Waals surface area contributed by atoms with Crippen LogP contribution >= 0.6 is 11.3 Å². The number of carbonyl (C=O) groups is 1. The first-order valence-corrected chi connectivity index (χ1v) is 10.1. The van der Waals surface area contributed by atoms with Crippen LogP contribution in [0.25, 0.3) is 0 Å². The maximum atomic E-state index is 11.5. The molecule has 1 heterocycles. The fourth-order valence-electron chi connectivity index (χ4n) is 2.34. The molecule has 0 unspecified atom stereocenters. The monoisotopic (exact) mass is 416 g/mol. The number of anilines is 1. The molecule has 1 aromatic heterocycles. The Bertz CT molecular complexity index is 860. The van der Waals surface area contributed by atoms with Crippen LogP contribution in [-0.4, -0.2) is 37.5 Å². The summed E-state index contributed by atoms with van der Waals surface area (Å²) < 4.78 is 16.0. The van der Waals surface area contributed by atoms with Gasteiger partial charge in [0.15, 0.2) is 11.5 Å². The Morgan fingerprint density at radius 2 is 2.24 bits per heavy atom. The van der Waals surface area contributed by atoms with Crippen LogP contribution < -0.4 is 14.9 Å². The van der Waals surface area contributed by atoms with E-state index in [0.717, 1.165) is 18.4 Å². The SMILES string of the molecule is CCOC(=O)Cc1csc(NN=Cc2ccc(OC)c(OCCCCC#N)c2)n1. The maximum Gasteiger partial charge on any atom is 0.311 e. The number of methoxy groups -OCH3 is 1. The van der Waals surface area contributed by atoms with Crippen molar-refractivity contribution in [2.45, 2.75) is 32.6 Å². The first-order chi connectivity index (χ1) is 14.2. The van der Waals surface area contributed by atoms with E-state index in [9.17, 15) is 4.79 Å². The van der Waals surface area contributed by atoms with E-state index < -0.39 is 0 Å². The number of nitrogens with one attached hydrogen (secondary N) is 1. The Morgan fingerprint density at radius 3 is 3.00 bits per heavy atom. The summed E-state index contributed by atoms with van der Waals surface area (Å²) >= 11 is 1.36. The Labute approximate surface area is 174 Å². The first kappa shape index (κ1) is 22.2. The number of thiazole rings is 1. The van der Waals surface area contributed by atoms with Crippen molar-refractivity contribution in [3.63, 3.8) is 0 Å². The quantitative estimate of drug-likeness (QED) is 0.243. The van der Waals surface area contributed by atoms with Crippen LogP contribution in [0.2, 0.25) is 0 Å². The Kier molecular flexibility index (Phi) is 9.45. The third kappa shape index (κ3) is 7.79. The number of benzene rings is 1.